The molecule has 0 fully saturated rings. The van der Waals surface area contributed by atoms with Crippen LogP contribution in [0.1, 0.15) is 0 Å². The molecule has 0 aromatic heterocycles. The molecular weight excluding hydrogens is 419 g/mol. The Bertz CT molecular complexity index is 482. The Hall–Kier alpha value is -4.27. The van der Waals surface area contributed by atoms with Gasteiger partial charge in [0.2, 0.25) is 35.8 Å². The van der Waals surface area contributed by atoms with Crippen molar-refractivity contribution in [2.45, 2.75) is 0 Å². The second-order valence-corrected chi connectivity index (χ2v) is 4.77. The summed E-state index contributed by atoms with van der Waals surface area (Å²) in [7, 11) is -4.64. The Morgan fingerprint density at radius 3 is 0.586 bits per heavy atom. The lowest BCUT2D eigenvalue weighted by Gasteiger charge is -2.02. The van der Waals surface area contributed by atoms with Gasteiger partial charge in [-0.3, -0.25) is 65.0 Å². The van der Waals surface area contributed by atoms with Crippen LogP contribution in [-0.2, 0) is 4.57 Å². The van der Waals surface area contributed by atoms with Crippen molar-refractivity contribution in [1.29, 1.82) is 32.5 Å². The zero-order chi connectivity index (χ0) is 24.2. The third-order valence-corrected chi connectivity index (χ3v) is 0.996. The molecule has 22 nitrogen and oxygen atoms in total. The van der Waals surface area contributed by atoms with Gasteiger partial charge in [-0.2, -0.15) is 0 Å². The minimum absolute atomic E-state index is 0.278. The number of hydrogen-bond donors (Lipinski definition) is 21. The van der Waals surface area contributed by atoms with E-state index >= 15 is 0 Å². The molecular formula is C6H27N18O4P. The predicted molar refractivity (Wildman–Crippen MR) is 105 cm³/mol. The molecule has 27 N–H and O–H groups in total. The van der Waals surface area contributed by atoms with Gasteiger partial charge in [0.05, 0.1) is 0 Å². The lowest BCUT2D eigenvalue weighted by Crippen LogP contribution is -2.47. The number of hydrogen-bond acceptors (Lipinski definition) is 7. The highest BCUT2D eigenvalue weighted by Gasteiger charge is 2.00. The number of hydrazine groups is 3. The van der Waals surface area contributed by atoms with Gasteiger partial charge in [0, 0.05) is 0 Å². The Kier molecular flexibility index (Phi) is 20.7. The van der Waals surface area contributed by atoms with Gasteiger partial charge in [-0.25, -0.2) is 4.57 Å². The van der Waals surface area contributed by atoms with Gasteiger partial charge in [-0.05, 0) is 0 Å². The zero-order valence-electron chi connectivity index (χ0n) is 14.7. The summed E-state index contributed by atoms with van der Waals surface area (Å²) in [5.41, 5.74) is 41.4. The lowest BCUT2D eigenvalue weighted by atomic mass is 11.0. The molecule has 0 aromatic carbocycles. The summed E-state index contributed by atoms with van der Waals surface area (Å²) < 4.78 is 8.88. The molecule has 0 bridgehead atoms. The van der Waals surface area contributed by atoms with Crippen molar-refractivity contribution in [2.75, 3.05) is 0 Å². The van der Waals surface area contributed by atoms with Crippen molar-refractivity contribution < 1.29 is 19.2 Å². The number of nitrogens with two attached hydrogens (primary N) is 6. The summed E-state index contributed by atoms with van der Waals surface area (Å²) in [6, 6.07) is 0. The normalized spacial score (nSPS) is 8.24. The largest absolute Gasteiger partial charge is 0.466 e. The molecule has 29 heavy (non-hydrogen) atoms. The highest BCUT2D eigenvalue weighted by Crippen LogP contribution is 2.25. The summed E-state index contributed by atoms with van der Waals surface area (Å²) in [5.74, 6) is -1.67. The van der Waals surface area contributed by atoms with Crippen LogP contribution in [0.25, 0.3) is 0 Å². The van der Waals surface area contributed by atoms with Crippen LogP contribution in [0.4, 0.5) is 0 Å². The fraction of sp³-hybridized carbons (Fsp3) is 0. The average Bonchev–Trinajstić information content (AvgIpc) is 2.48. The Morgan fingerprint density at radius 2 is 0.552 bits per heavy atom. The van der Waals surface area contributed by atoms with Crippen LogP contribution < -0.4 is 67.0 Å². The van der Waals surface area contributed by atoms with Crippen molar-refractivity contribution in [1.82, 2.24) is 32.6 Å². The zero-order valence-corrected chi connectivity index (χ0v) is 15.6. The SMILES string of the molecule is N=C(N)NNC(=N)N.N=C(N)NNC(=N)N.N=C(N)NNC(=N)N.O=P(O)(O)O. The van der Waals surface area contributed by atoms with E-state index in [0.717, 1.165) is 0 Å². The van der Waals surface area contributed by atoms with Crippen molar-refractivity contribution >= 4 is 43.6 Å². The molecule has 23 heteroatoms. The van der Waals surface area contributed by atoms with Crippen molar-refractivity contribution in [3.05, 3.63) is 0 Å². The van der Waals surface area contributed by atoms with Crippen LogP contribution in [0.15, 0.2) is 0 Å². The first kappa shape index (κ1) is 32.4. The van der Waals surface area contributed by atoms with E-state index in [1.165, 1.54) is 0 Å². The topological polar surface area (TPSA) is 449 Å². The van der Waals surface area contributed by atoms with Crippen molar-refractivity contribution in [3.63, 3.8) is 0 Å². The Balaban J connectivity index is -0.000000146. The molecule has 0 saturated heterocycles. The molecule has 0 aliphatic carbocycles. The fourth-order valence-electron chi connectivity index (χ4n) is 0.404. The molecule has 0 unspecified atom stereocenters. The van der Waals surface area contributed by atoms with Crippen molar-refractivity contribution in [3.8, 4) is 0 Å². The van der Waals surface area contributed by atoms with Gasteiger partial charge in [0.25, 0.3) is 0 Å². The molecule has 0 heterocycles. The van der Waals surface area contributed by atoms with E-state index in [1.54, 1.807) is 0 Å². The van der Waals surface area contributed by atoms with E-state index in [-0.39, 0.29) is 35.8 Å². The molecule has 0 saturated carbocycles. The molecule has 170 valence electrons. The van der Waals surface area contributed by atoms with Crippen LogP contribution in [0, 0.1) is 32.5 Å². The molecule has 0 amide bonds. The van der Waals surface area contributed by atoms with Crippen LogP contribution >= 0.6 is 7.82 Å². The molecule has 0 aromatic rings. The molecule has 0 radical (unpaired) electrons. The average molecular weight is 446 g/mol. The predicted octanol–water partition coefficient (Wildman–Crippen LogP) is -7.33. The lowest BCUT2D eigenvalue weighted by molar-refractivity contribution is 0.275. The first-order valence-electron chi connectivity index (χ1n) is 6.26. The highest BCUT2D eigenvalue weighted by atomic mass is 31.2. The molecule has 0 rings (SSSR count). The molecule has 0 spiro atoms. The number of rotatable bonds is 0. The third kappa shape index (κ3) is 97.3. The molecule has 0 aliphatic heterocycles. The molecule has 0 aliphatic rings. The maximum atomic E-state index is 8.88. The van der Waals surface area contributed by atoms with Gasteiger partial charge < -0.3 is 49.1 Å². The van der Waals surface area contributed by atoms with Gasteiger partial charge in [-0.1, -0.05) is 0 Å². The van der Waals surface area contributed by atoms with Crippen LogP contribution in [0.3, 0.4) is 0 Å². The van der Waals surface area contributed by atoms with Gasteiger partial charge in [-0.15, -0.1) is 0 Å². The quantitative estimate of drug-likeness (QED) is 0.0710. The van der Waals surface area contributed by atoms with Gasteiger partial charge >= 0.3 is 7.82 Å². The summed E-state index contributed by atoms with van der Waals surface area (Å²) in [6.45, 7) is 0. The van der Waals surface area contributed by atoms with E-state index in [9.17, 15) is 0 Å². The maximum Gasteiger partial charge on any atom is 0.466 e. The maximum absolute atomic E-state index is 8.88. The van der Waals surface area contributed by atoms with Crippen LogP contribution in [0.5, 0.6) is 0 Å². The fourth-order valence-corrected chi connectivity index (χ4v) is 0.404. The van der Waals surface area contributed by atoms with Crippen LogP contribution in [-0.4, -0.2) is 50.4 Å². The highest BCUT2D eigenvalue weighted by molar-refractivity contribution is 7.45. The van der Waals surface area contributed by atoms with Crippen LogP contribution in [0.2, 0.25) is 0 Å². The van der Waals surface area contributed by atoms with Gasteiger partial charge in [0.1, 0.15) is 0 Å². The number of phosphoric acid groups is 1. The summed E-state index contributed by atoms with van der Waals surface area (Å²) in [4.78, 5) is 21.6. The standard InChI is InChI=1S/3C2H8N6.H3O4P/c3*3-1(4)7-8-2(5)6;1-5(2,3)4/h3*(H4,3,4,7)(H4,5,6,8);(H3,1,2,3,4). The Morgan fingerprint density at radius 1 is 0.483 bits per heavy atom. The third-order valence-electron chi connectivity index (χ3n) is 0.996. The minimum atomic E-state index is -4.64. The minimum Gasteiger partial charge on any atom is -0.369 e. The number of nitrogens with one attached hydrogen (secondary N) is 12. The van der Waals surface area contributed by atoms with E-state index in [2.05, 4.69) is 32.6 Å². The smallest absolute Gasteiger partial charge is 0.369 e. The van der Waals surface area contributed by atoms with Crippen molar-refractivity contribution in [2.24, 2.45) is 34.4 Å². The van der Waals surface area contributed by atoms with Gasteiger partial charge in [0.15, 0.2) is 0 Å². The second-order valence-electron chi connectivity index (χ2n) is 3.75. The van der Waals surface area contributed by atoms with E-state index < -0.39 is 7.82 Å². The first-order chi connectivity index (χ1) is 12.9. The number of guanidine groups is 6. The summed E-state index contributed by atoms with van der Waals surface area (Å²) >= 11 is 0. The monoisotopic (exact) mass is 446 g/mol. The van der Waals surface area contributed by atoms with E-state index in [0.29, 0.717) is 0 Å². The molecule has 0 atom stereocenters. The second kappa shape index (κ2) is 18.5. The summed E-state index contributed by atoms with van der Waals surface area (Å²) in [5, 5.41) is 39.2. The van der Waals surface area contributed by atoms with E-state index in [4.69, 9.17) is 86.1 Å². The first-order valence-corrected chi connectivity index (χ1v) is 7.83. The Labute approximate surface area is 163 Å². The van der Waals surface area contributed by atoms with E-state index in [1.807, 2.05) is 0 Å². The summed E-state index contributed by atoms with van der Waals surface area (Å²) in [6.07, 6.45) is 0.